The molecule has 2 aliphatic rings. The molecule has 1 aliphatic carbocycles. The molecule has 1 aliphatic heterocycles. The fourth-order valence-electron chi connectivity index (χ4n) is 5.20. The van der Waals surface area contributed by atoms with Gasteiger partial charge in [0, 0.05) is 40.5 Å². The number of benzene rings is 1. The molecule has 2 N–H and O–H groups in total. The molecule has 6 heteroatoms. The zero-order chi connectivity index (χ0) is 21.8. The maximum absolute atomic E-state index is 11.4. The topological polar surface area (TPSA) is 86.7 Å². The van der Waals surface area contributed by atoms with Crippen LogP contribution in [-0.4, -0.2) is 25.4 Å². The highest BCUT2D eigenvalue weighted by Gasteiger charge is 2.41. The third-order valence-electron chi connectivity index (χ3n) is 6.70. The van der Waals surface area contributed by atoms with E-state index in [-0.39, 0.29) is 0 Å². The van der Waals surface area contributed by atoms with Gasteiger partial charge in [-0.1, -0.05) is 18.2 Å². The molecule has 0 spiro atoms. The zero-order valence-corrected chi connectivity index (χ0v) is 17.8. The number of amides is 1. The Labute approximate surface area is 186 Å². The molecule has 1 fully saturated rings. The summed E-state index contributed by atoms with van der Waals surface area (Å²) in [6.45, 7) is 2.01. The second-order valence-electron chi connectivity index (χ2n) is 8.74. The third-order valence-corrected chi connectivity index (χ3v) is 6.70. The normalized spacial score (nSPS) is 18.7. The molecule has 3 aromatic heterocycles. The summed E-state index contributed by atoms with van der Waals surface area (Å²) in [4.78, 5) is 25.9. The van der Waals surface area contributed by atoms with Gasteiger partial charge >= 0.3 is 0 Å². The van der Waals surface area contributed by atoms with Crippen molar-refractivity contribution in [3.63, 3.8) is 0 Å². The van der Waals surface area contributed by atoms with Crippen molar-refractivity contribution < 1.29 is 4.79 Å². The van der Waals surface area contributed by atoms with Crippen molar-refractivity contribution in [1.29, 1.82) is 0 Å². The molecule has 0 radical (unpaired) electrons. The highest BCUT2D eigenvalue weighted by molar-refractivity contribution is 5.93. The summed E-state index contributed by atoms with van der Waals surface area (Å²) < 4.78 is 2.45. The van der Waals surface area contributed by atoms with Crippen LogP contribution in [-0.2, 0) is 0 Å². The van der Waals surface area contributed by atoms with Gasteiger partial charge in [-0.3, -0.25) is 14.8 Å². The Hall–Kier alpha value is -3.80. The third kappa shape index (κ3) is 2.94. The summed E-state index contributed by atoms with van der Waals surface area (Å²) >= 11 is 0. The Bertz CT molecular complexity index is 1360. The fraction of sp³-hybridized carbons (Fsp3) is 0.231. The zero-order valence-electron chi connectivity index (χ0n) is 17.8. The first kappa shape index (κ1) is 18.9. The van der Waals surface area contributed by atoms with Gasteiger partial charge in [-0.05, 0) is 62.6 Å². The summed E-state index contributed by atoms with van der Waals surface area (Å²) in [5.41, 5.74) is 12.7. The fourth-order valence-corrected chi connectivity index (χ4v) is 5.20. The van der Waals surface area contributed by atoms with E-state index in [9.17, 15) is 4.79 Å². The maximum Gasteiger partial charge on any atom is 0.248 e. The Morgan fingerprint density at radius 3 is 2.62 bits per heavy atom. The maximum atomic E-state index is 11.4. The Balaban J connectivity index is 1.51. The second kappa shape index (κ2) is 7.12. The van der Waals surface area contributed by atoms with Gasteiger partial charge in [0.1, 0.15) is 11.5 Å². The number of carbonyl (C=O) groups excluding carboxylic acids is 1. The quantitative estimate of drug-likeness (QED) is 0.508. The van der Waals surface area contributed by atoms with Crippen molar-refractivity contribution >= 4 is 5.91 Å². The van der Waals surface area contributed by atoms with Crippen LogP contribution in [0.3, 0.4) is 0 Å². The van der Waals surface area contributed by atoms with Gasteiger partial charge in [0.25, 0.3) is 0 Å². The molecule has 4 heterocycles. The van der Waals surface area contributed by atoms with Crippen LogP contribution in [0.25, 0.3) is 33.9 Å². The number of primary amides is 1. The van der Waals surface area contributed by atoms with Gasteiger partial charge in [0.2, 0.25) is 5.91 Å². The highest BCUT2D eigenvalue weighted by atomic mass is 16.1. The number of aryl methyl sites for hydroxylation is 1. The minimum Gasteiger partial charge on any atom is -0.366 e. The summed E-state index contributed by atoms with van der Waals surface area (Å²) in [6.07, 6.45) is 5.44. The van der Waals surface area contributed by atoms with Gasteiger partial charge < -0.3 is 10.3 Å². The summed E-state index contributed by atoms with van der Waals surface area (Å²) in [6, 6.07) is 18.0. The van der Waals surface area contributed by atoms with E-state index < -0.39 is 5.91 Å². The number of imidazole rings is 1. The first-order valence-corrected chi connectivity index (χ1v) is 11.0. The number of pyridine rings is 2. The molecule has 0 saturated heterocycles. The van der Waals surface area contributed by atoms with Crippen molar-refractivity contribution in [3.05, 3.63) is 77.9 Å². The Morgan fingerprint density at radius 2 is 1.84 bits per heavy atom. The van der Waals surface area contributed by atoms with Crippen molar-refractivity contribution in [3.8, 4) is 33.9 Å². The number of hydrogen-bond donors (Lipinski definition) is 1. The van der Waals surface area contributed by atoms with Gasteiger partial charge in [0.15, 0.2) is 0 Å². The predicted octanol–water partition coefficient (Wildman–Crippen LogP) is 4.90. The Kier molecular flexibility index (Phi) is 4.21. The largest absolute Gasteiger partial charge is 0.366 e. The van der Waals surface area contributed by atoms with Gasteiger partial charge in [-0.2, -0.15) is 0 Å². The van der Waals surface area contributed by atoms with Crippen molar-refractivity contribution in [2.45, 2.75) is 38.1 Å². The van der Waals surface area contributed by atoms with Crippen LogP contribution in [0.1, 0.15) is 53.1 Å². The second-order valence-corrected chi connectivity index (χ2v) is 8.74. The summed E-state index contributed by atoms with van der Waals surface area (Å²) in [5, 5.41) is 0. The van der Waals surface area contributed by atoms with Crippen molar-refractivity contribution in [1.82, 2.24) is 19.5 Å². The van der Waals surface area contributed by atoms with Crippen LogP contribution >= 0.6 is 0 Å². The lowest BCUT2D eigenvalue weighted by molar-refractivity contribution is 0.100. The van der Waals surface area contributed by atoms with E-state index in [0.29, 0.717) is 17.5 Å². The SMILES string of the molecule is Cc1cccc(-c2nc3n(c2-c2ccnc(-c4ccc(C(N)=O)cc4)c2)[C@@H]2CC[C@H]3C2)n1. The molecule has 4 aromatic rings. The molecule has 1 aromatic carbocycles. The molecule has 0 unspecified atom stereocenters. The minimum absolute atomic E-state index is 0.432. The number of fused-ring (bicyclic) bond motifs is 5. The average molecular weight is 422 g/mol. The summed E-state index contributed by atoms with van der Waals surface area (Å²) in [5.74, 6) is 1.30. The van der Waals surface area contributed by atoms with E-state index in [1.54, 1.807) is 12.1 Å². The molecule has 2 atom stereocenters. The first-order valence-electron chi connectivity index (χ1n) is 11.0. The number of carbonyl (C=O) groups is 1. The molecule has 6 nitrogen and oxygen atoms in total. The number of nitrogens with two attached hydrogens (primary N) is 1. The van der Waals surface area contributed by atoms with Crippen molar-refractivity contribution in [2.75, 3.05) is 0 Å². The van der Waals surface area contributed by atoms with Crippen LogP contribution in [0, 0.1) is 6.92 Å². The lowest BCUT2D eigenvalue weighted by atomic mass is 10.0. The van der Waals surface area contributed by atoms with Crippen LogP contribution in [0.15, 0.2) is 60.8 Å². The Morgan fingerprint density at radius 1 is 1.00 bits per heavy atom. The van der Waals surface area contributed by atoms with Gasteiger partial charge in [0.05, 0.1) is 17.1 Å². The van der Waals surface area contributed by atoms with E-state index in [1.165, 1.54) is 25.1 Å². The number of rotatable bonds is 4. The molecular formula is C26H23N5O. The highest BCUT2D eigenvalue weighted by Crippen LogP contribution is 2.52. The van der Waals surface area contributed by atoms with Crippen LogP contribution in [0.2, 0.25) is 0 Å². The smallest absolute Gasteiger partial charge is 0.248 e. The van der Waals surface area contributed by atoms with Crippen molar-refractivity contribution in [2.24, 2.45) is 5.73 Å². The average Bonchev–Trinajstić information content (AvgIpc) is 3.52. The number of aromatic nitrogens is 4. The monoisotopic (exact) mass is 421 g/mol. The first-order chi connectivity index (χ1) is 15.6. The van der Waals surface area contributed by atoms with E-state index >= 15 is 0 Å². The van der Waals surface area contributed by atoms with E-state index in [2.05, 4.69) is 21.7 Å². The molecule has 1 amide bonds. The van der Waals surface area contributed by atoms with Gasteiger partial charge in [-0.15, -0.1) is 0 Å². The molecule has 2 bridgehead atoms. The molecule has 1 saturated carbocycles. The molecule has 158 valence electrons. The van der Waals surface area contributed by atoms with E-state index in [0.717, 1.165) is 39.6 Å². The molecule has 6 rings (SSSR count). The predicted molar refractivity (Wildman–Crippen MR) is 123 cm³/mol. The number of hydrogen-bond acceptors (Lipinski definition) is 4. The minimum atomic E-state index is -0.432. The lowest BCUT2D eigenvalue weighted by Gasteiger charge is -2.17. The van der Waals surface area contributed by atoms with Crippen LogP contribution < -0.4 is 5.73 Å². The van der Waals surface area contributed by atoms with E-state index in [4.69, 9.17) is 15.7 Å². The van der Waals surface area contributed by atoms with Gasteiger partial charge in [-0.25, -0.2) is 4.98 Å². The number of nitrogens with zero attached hydrogens (tertiary/aromatic N) is 4. The molecular weight excluding hydrogens is 398 g/mol. The molecule has 32 heavy (non-hydrogen) atoms. The van der Waals surface area contributed by atoms with E-state index in [1.807, 2.05) is 43.5 Å². The van der Waals surface area contributed by atoms with Crippen LogP contribution in [0.4, 0.5) is 0 Å². The summed E-state index contributed by atoms with van der Waals surface area (Å²) in [7, 11) is 0. The standard InChI is InChI=1S/C26H23N5O/c1-15-3-2-4-21(29-15)23-24(31-20-10-9-19(13-20)26(31)30-23)18-11-12-28-22(14-18)16-5-7-17(8-6-16)25(27)32/h2-8,11-12,14,19-20H,9-10,13H2,1H3,(H2,27,32)/t19-,20+/m0/s1. The lowest BCUT2D eigenvalue weighted by Crippen LogP contribution is -2.10. The van der Waals surface area contributed by atoms with Crippen LogP contribution in [0.5, 0.6) is 0 Å².